The lowest BCUT2D eigenvalue weighted by atomic mass is 10.1. The van der Waals surface area contributed by atoms with E-state index in [1.165, 1.54) is 6.33 Å². The van der Waals surface area contributed by atoms with Crippen molar-refractivity contribution < 1.29 is 33.3 Å². The maximum absolute atomic E-state index is 13.3. The molecule has 0 spiro atoms. The van der Waals surface area contributed by atoms with E-state index in [-0.39, 0.29) is 34.4 Å². The second-order valence-electron chi connectivity index (χ2n) is 9.97. The molecule has 2 aromatic heterocycles. The van der Waals surface area contributed by atoms with Crippen molar-refractivity contribution in [1.29, 1.82) is 0 Å². The highest BCUT2D eigenvalue weighted by Gasteiger charge is 2.52. The van der Waals surface area contributed by atoms with Gasteiger partial charge in [-0.1, -0.05) is 66.2 Å². The molecular weight excluding hydrogens is 588 g/mol. The minimum atomic E-state index is -1.22. The third-order valence-corrected chi connectivity index (χ3v) is 7.38. The summed E-state index contributed by atoms with van der Waals surface area (Å²) in [7, 11) is 0. The number of ether oxygens (including phenoxy) is 4. The molecule has 11 nitrogen and oxygen atoms in total. The molecule has 12 heteroatoms. The molecule has 5 aromatic rings. The van der Waals surface area contributed by atoms with Crippen molar-refractivity contribution in [2.75, 3.05) is 6.61 Å². The molecule has 222 valence electrons. The van der Waals surface area contributed by atoms with Gasteiger partial charge >= 0.3 is 17.9 Å². The number of aromatic amines is 1. The molecule has 1 fully saturated rings. The lowest BCUT2D eigenvalue weighted by Crippen LogP contribution is -2.41. The SMILES string of the molecule is Cc1ccccc1C(=O)OC[C@H]1OC(c2nc3ncnc(Cl)c3[nH]2)[C@H](OC(=O)c2ccccc2)[C@@H]1OC(=O)c1ccccc1. The molecule has 0 bridgehead atoms. The van der Waals surface area contributed by atoms with E-state index in [2.05, 4.69) is 19.9 Å². The highest BCUT2D eigenvalue weighted by Crippen LogP contribution is 2.38. The summed E-state index contributed by atoms with van der Waals surface area (Å²) in [5, 5.41) is 0.125. The predicted octanol–water partition coefficient (Wildman–Crippen LogP) is 5.06. The molecule has 1 N–H and O–H groups in total. The second-order valence-corrected chi connectivity index (χ2v) is 10.3. The summed E-state index contributed by atoms with van der Waals surface area (Å²) in [4.78, 5) is 55.3. The average molecular weight is 613 g/mol. The summed E-state index contributed by atoms with van der Waals surface area (Å²) in [5.74, 6) is -1.76. The van der Waals surface area contributed by atoms with Crippen molar-refractivity contribution in [2.24, 2.45) is 0 Å². The lowest BCUT2D eigenvalue weighted by Gasteiger charge is -2.24. The number of esters is 3. The van der Waals surface area contributed by atoms with Gasteiger partial charge in [0.15, 0.2) is 29.1 Å². The van der Waals surface area contributed by atoms with Crippen LogP contribution in [0.15, 0.2) is 91.3 Å². The van der Waals surface area contributed by atoms with E-state index in [1.54, 1.807) is 85.8 Å². The number of rotatable bonds is 8. The molecule has 0 aliphatic carbocycles. The van der Waals surface area contributed by atoms with Gasteiger partial charge in [0.2, 0.25) is 0 Å². The third-order valence-electron chi connectivity index (χ3n) is 7.09. The first kappa shape index (κ1) is 29.0. The van der Waals surface area contributed by atoms with Crippen LogP contribution < -0.4 is 0 Å². The number of aromatic nitrogens is 4. The summed E-state index contributed by atoms with van der Waals surface area (Å²) in [6, 6.07) is 23.6. The highest BCUT2D eigenvalue weighted by molar-refractivity contribution is 6.33. The first-order valence-electron chi connectivity index (χ1n) is 13.7. The Morgan fingerprint density at radius 1 is 0.818 bits per heavy atom. The summed E-state index contributed by atoms with van der Waals surface area (Å²) >= 11 is 6.25. The third kappa shape index (κ3) is 6.01. The van der Waals surface area contributed by atoms with Crippen LogP contribution in [-0.2, 0) is 18.9 Å². The Hall–Kier alpha value is -5.13. The zero-order valence-corrected chi connectivity index (χ0v) is 24.0. The molecule has 0 radical (unpaired) electrons. The van der Waals surface area contributed by atoms with E-state index in [4.69, 9.17) is 30.5 Å². The van der Waals surface area contributed by atoms with Gasteiger partial charge < -0.3 is 23.9 Å². The highest BCUT2D eigenvalue weighted by atomic mass is 35.5. The Morgan fingerprint density at radius 3 is 2.07 bits per heavy atom. The van der Waals surface area contributed by atoms with Crippen LogP contribution >= 0.6 is 11.6 Å². The van der Waals surface area contributed by atoms with Gasteiger partial charge in [-0.15, -0.1) is 0 Å². The summed E-state index contributed by atoms with van der Waals surface area (Å²) in [5.41, 5.74) is 2.23. The van der Waals surface area contributed by atoms with E-state index in [1.807, 2.05) is 6.07 Å². The Kier molecular flexibility index (Phi) is 8.31. The lowest BCUT2D eigenvalue weighted by molar-refractivity contribution is -0.0454. The summed E-state index contributed by atoms with van der Waals surface area (Å²) in [6.07, 6.45) is -3.31. The van der Waals surface area contributed by atoms with Crippen LogP contribution in [-0.4, -0.2) is 62.8 Å². The predicted molar refractivity (Wildman–Crippen MR) is 157 cm³/mol. The Balaban J connectivity index is 1.36. The molecule has 1 saturated heterocycles. The summed E-state index contributed by atoms with van der Waals surface area (Å²) < 4.78 is 23.9. The monoisotopic (exact) mass is 612 g/mol. The van der Waals surface area contributed by atoms with E-state index >= 15 is 0 Å². The summed E-state index contributed by atoms with van der Waals surface area (Å²) in [6.45, 7) is 1.47. The zero-order valence-electron chi connectivity index (χ0n) is 23.3. The fourth-order valence-electron chi connectivity index (χ4n) is 4.87. The topological polar surface area (TPSA) is 143 Å². The Morgan fingerprint density at radius 2 is 1.43 bits per heavy atom. The number of fused-ring (bicyclic) bond motifs is 1. The number of nitrogens with one attached hydrogen (secondary N) is 1. The molecule has 4 atom stereocenters. The smallest absolute Gasteiger partial charge is 0.338 e. The number of imidazole rings is 1. The molecule has 1 aliphatic heterocycles. The number of aryl methyl sites for hydroxylation is 1. The number of nitrogens with zero attached hydrogens (tertiary/aromatic N) is 3. The van der Waals surface area contributed by atoms with Crippen LogP contribution in [0.2, 0.25) is 5.15 Å². The number of benzene rings is 3. The number of hydrogen-bond acceptors (Lipinski definition) is 10. The number of H-pyrrole nitrogens is 1. The largest absolute Gasteiger partial charge is 0.459 e. The van der Waals surface area contributed by atoms with Crippen molar-refractivity contribution in [2.45, 2.75) is 31.3 Å². The van der Waals surface area contributed by atoms with Gasteiger partial charge in [-0.2, -0.15) is 0 Å². The Labute approximate surface area is 256 Å². The van der Waals surface area contributed by atoms with Crippen LogP contribution in [0.4, 0.5) is 0 Å². The van der Waals surface area contributed by atoms with E-state index in [9.17, 15) is 14.4 Å². The number of carbonyl (C=O) groups is 3. The number of hydrogen-bond donors (Lipinski definition) is 1. The molecule has 6 rings (SSSR count). The van der Waals surface area contributed by atoms with Crippen molar-refractivity contribution in [3.05, 3.63) is 124 Å². The van der Waals surface area contributed by atoms with Crippen LogP contribution in [0.3, 0.4) is 0 Å². The van der Waals surface area contributed by atoms with Gasteiger partial charge in [0, 0.05) is 0 Å². The van der Waals surface area contributed by atoms with Crippen LogP contribution in [0.5, 0.6) is 0 Å². The standard InChI is InChI=1S/C32H25ClN4O7/c1-18-10-8-9-15-21(18)32(40)41-16-22-24(43-30(38)19-11-4-2-5-12-19)25(44-31(39)20-13-6-3-7-14-20)26(42-22)29-36-23-27(33)34-17-35-28(23)37-29/h2-15,17,22,24-26H,16H2,1H3,(H,34,35,36,37)/t22-,24-,25-,26?/m1/s1. The van der Waals surface area contributed by atoms with Gasteiger partial charge in [0.1, 0.15) is 30.4 Å². The van der Waals surface area contributed by atoms with Crippen molar-refractivity contribution >= 4 is 40.7 Å². The first-order valence-corrected chi connectivity index (χ1v) is 14.0. The maximum atomic E-state index is 13.3. The molecule has 3 heterocycles. The zero-order chi connectivity index (χ0) is 30.6. The molecule has 1 aliphatic rings. The molecule has 44 heavy (non-hydrogen) atoms. The van der Waals surface area contributed by atoms with Gasteiger partial charge in [-0.05, 0) is 42.8 Å². The van der Waals surface area contributed by atoms with Gasteiger partial charge in [0.25, 0.3) is 0 Å². The molecule has 0 saturated carbocycles. The van der Waals surface area contributed by atoms with E-state index in [0.717, 1.165) is 5.56 Å². The minimum absolute atomic E-state index is 0.125. The molecular formula is C32H25ClN4O7. The minimum Gasteiger partial charge on any atom is -0.459 e. The van der Waals surface area contributed by atoms with Crippen molar-refractivity contribution in [3.63, 3.8) is 0 Å². The molecule has 1 unspecified atom stereocenters. The molecule has 3 aromatic carbocycles. The van der Waals surface area contributed by atoms with Gasteiger partial charge in [0.05, 0.1) is 16.7 Å². The maximum Gasteiger partial charge on any atom is 0.338 e. The van der Waals surface area contributed by atoms with Crippen molar-refractivity contribution in [1.82, 2.24) is 19.9 Å². The van der Waals surface area contributed by atoms with Crippen LogP contribution in [0.1, 0.15) is 48.6 Å². The van der Waals surface area contributed by atoms with Gasteiger partial charge in [-0.3, -0.25) is 0 Å². The Bertz CT molecular complexity index is 1820. The van der Waals surface area contributed by atoms with Crippen LogP contribution in [0, 0.1) is 6.92 Å². The average Bonchev–Trinajstić information content (AvgIpc) is 3.63. The van der Waals surface area contributed by atoms with Crippen LogP contribution in [0.25, 0.3) is 11.2 Å². The van der Waals surface area contributed by atoms with E-state index < -0.39 is 42.3 Å². The normalized spacial score (nSPS) is 19.4. The second kappa shape index (κ2) is 12.6. The molecule has 0 amide bonds. The fraction of sp³-hybridized carbons (Fsp3) is 0.188. The number of halogens is 1. The van der Waals surface area contributed by atoms with Crippen molar-refractivity contribution in [3.8, 4) is 0 Å². The van der Waals surface area contributed by atoms with E-state index in [0.29, 0.717) is 11.1 Å². The van der Waals surface area contributed by atoms with Gasteiger partial charge in [-0.25, -0.2) is 29.3 Å². The first-order chi connectivity index (χ1) is 21.4. The quantitative estimate of drug-likeness (QED) is 0.143. The fourth-order valence-corrected chi connectivity index (χ4v) is 5.05. The number of carbonyl (C=O) groups excluding carboxylic acids is 3.